The smallest absolute Gasteiger partial charge is 0.325 e. The second-order valence-corrected chi connectivity index (χ2v) is 5.41. The molecule has 0 aliphatic carbocycles. The van der Waals surface area contributed by atoms with Crippen molar-refractivity contribution in [3.05, 3.63) is 53.3 Å². The number of nitrogens with one attached hydrogen (secondary N) is 1. The van der Waals surface area contributed by atoms with Crippen LogP contribution in [0.25, 0.3) is 0 Å². The molecule has 0 saturated heterocycles. The summed E-state index contributed by atoms with van der Waals surface area (Å²) in [4.78, 5) is 24.0. The molecule has 0 bridgehead atoms. The van der Waals surface area contributed by atoms with Gasteiger partial charge in [-0.15, -0.1) is 0 Å². The van der Waals surface area contributed by atoms with Gasteiger partial charge in [-0.2, -0.15) is 0 Å². The fourth-order valence-electron chi connectivity index (χ4n) is 2.21. The summed E-state index contributed by atoms with van der Waals surface area (Å²) in [6, 6.07) is 8.89. The SMILES string of the molecule is COc1cc(OC)cc(C(=O)NCC(=O)OCc2ccc(OC)c(F)c2)c1. The van der Waals surface area contributed by atoms with Crippen LogP contribution in [0.5, 0.6) is 17.2 Å². The lowest BCUT2D eigenvalue weighted by Crippen LogP contribution is -2.30. The summed E-state index contributed by atoms with van der Waals surface area (Å²) in [7, 11) is 4.30. The summed E-state index contributed by atoms with van der Waals surface area (Å²) in [6.07, 6.45) is 0. The molecule has 0 aliphatic heterocycles. The quantitative estimate of drug-likeness (QED) is 0.711. The lowest BCUT2D eigenvalue weighted by molar-refractivity contribution is -0.143. The van der Waals surface area contributed by atoms with Crippen LogP contribution in [0.15, 0.2) is 36.4 Å². The van der Waals surface area contributed by atoms with Gasteiger partial charge in [-0.1, -0.05) is 6.07 Å². The Bertz CT molecular complexity index is 802. The molecule has 0 radical (unpaired) electrons. The van der Waals surface area contributed by atoms with Crippen molar-refractivity contribution in [1.82, 2.24) is 5.32 Å². The van der Waals surface area contributed by atoms with Gasteiger partial charge in [-0.05, 0) is 29.8 Å². The second-order valence-electron chi connectivity index (χ2n) is 5.41. The predicted molar refractivity (Wildman–Crippen MR) is 94.6 cm³/mol. The van der Waals surface area contributed by atoms with Crippen LogP contribution in [0.4, 0.5) is 4.39 Å². The van der Waals surface area contributed by atoms with Gasteiger partial charge in [0.15, 0.2) is 11.6 Å². The van der Waals surface area contributed by atoms with E-state index in [-0.39, 0.29) is 24.5 Å². The predicted octanol–water partition coefficient (Wildman–Crippen LogP) is 2.32. The molecule has 0 fully saturated rings. The van der Waals surface area contributed by atoms with Crippen molar-refractivity contribution in [1.29, 1.82) is 0 Å². The number of benzene rings is 2. The van der Waals surface area contributed by atoms with Crippen LogP contribution in [0.1, 0.15) is 15.9 Å². The van der Waals surface area contributed by atoms with Crippen LogP contribution in [0.3, 0.4) is 0 Å². The Morgan fingerprint density at radius 2 is 1.63 bits per heavy atom. The number of carbonyl (C=O) groups is 2. The number of hydrogen-bond donors (Lipinski definition) is 1. The van der Waals surface area contributed by atoms with Crippen LogP contribution in [0.2, 0.25) is 0 Å². The Balaban J connectivity index is 1.88. The Morgan fingerprint density at radius 1 is 0.963 bits per heavy atom. The molecule has 0 aromatic heterocycles. The number of amides is 1. The standard InChI is InChI=1S/C19H20FNO6/c1-24-14-7-13(8-15(9-14)25-2)19(23)21-10-18(22)27-11-12-4-5-17(26-3)16(20)6-12/h4-9H,10-11H2,1-3H3,(H,21,23). The maximum atomic E-state index is 13.6. The van der Waals surface area contributed by atoms with Gasteiger partial charge in [-0.3, -0.25) is 9.59 Å². The molecule has 2 aromatic carbocycles. The van der Waals surface area contributed by atoms with Crippen LogP contribution in [0, 0.1) is 5.82 Å². The van der Waals surface area contributed by atoms with Gasteiger partial charge in [0, 0.05) is 11.6 Å². The lowest BCUT2D eigenvalue weighted by atomic mass is 10.2. The Hall–Kier alpha value is -3.29. The number of halogens is 1. The Morgan fingerprint density at radius 3 is 2.19 bits per heavy atom. The third-order valence-electron chi connectivity index (χ3n) is 3.62. The molecule has 144 valence electrons. The first-order valence-corrected chi connectivity index (χ1v) is 7.96. The summed E-state index contributed by atoms with van der Waals surface area (Å²) in [6.45, 7) is -0.459. The van der Waals surface area contributed by atoms with E-state index in [1.807, 2.05) is 0 Å². The van der Waals surface area contributed by atoms with Gasteiger partial charge in [0.25, 0.3) is 5.91 Å². The van der Waals surface area contributed by atoms with Crippen LogP contribution in [-0.2, 0) is 16.1 Å². The van der Waals surface area contributed by atoms with E-state index in [0.29, 0.717) is 17.1 Å². The molecule has 27 heavy (non-hydrogen) atoms. The van der Waals surface area contributed by atoms with Crippen LogP contribution in [-0.4, -0.2) is 39.8 Å². The van der Waals surface area contributed by atoms with E-state index in [1.165, 1.54) is 45.6 Å². The van der Waals surface area contributed by atoms with Crippen LogP contribution >= 0.6 is 0 Å². The van der Waals surface area contributed by atoms with Gasteiger partial charge in [0.05, 0.1) is 21.3 Å². The number of rotatable bonds is 8. The maximum Gasteiger partial charge on any atom is 0.325 e. The highest BCUT2D eigenvalue weighted by molar-refractivity contribution is 5.96. The van der Waals surface area contributed by atoms with Crippen molar-refractivity contribution >= 4 is 11.9 Å². The van der Waals surface area contributed by atoms with Gasteiger partial charge in [0.2, 0.25) is 0 Å². The third-order valence-corrected chi connectivity index (χ3v) is 3.62. The maximum absolute atomic E-state index is 13.6. The molecule has 0 atom stereocenters. The molecular formula is C19H20FNO6. The third kappa shape index (κ3) is 5.60. The van der Waals surface area contributed by atoms with E-state index >= 15 is 0 Å². The molecule has 1 N–H and O–H groups in total. The monoisotopic (exact) mass is 377 g/mol. The van der Waals surface area contributed by atoms with Crippen molar-refractivity contribution in [3.8, 4) is 17.2 Å². The molecule has 7 nitrogen and oxygen atoms in total. The second kappa shape index (κ2) is 9.42. The molecule has 0 aliphatic rings. The Labute approximate surface area is 156 Å². The van der Waals surface area contributed by atoms with E-state index in [2.05, 4.69) is 5.32 Å². The first-order valence-electron chi connectivity index (χ1n) is 7.96. The van der Waals surface area contributed by atoms with Crippen LogP contribution < -0.4 is 19.5 Å². The molecule has 2 rings (SSSR count). The van der Waals surface area contributed by atoms with Crippen molar-refractivity contribution in [2.75, 3.05) is 27.9 Å². The molecule has 2 aromatic rings. The highest BCUT2D eigenvalue weighted by Gasteiger charge is 2.12. The first kappa shape index (κ1) is 20.0. The molecule has 1 amide bonds. The lowest BCUT2D eigenvalue weighted by Gasteiger charge is -2.10. The summed E-state index contributed by atoms with van der Waals surface area (Å²) in [5.41, 5.74) is 0.738. The zero-order chi connectivity index (χ0) is 19.8. The Kier molecular flexibility index (Phi) is 6.99. The minimum Gasteiger partial charge on any atom is -0.497 e. The number of esters is 1. The van der Waals surface area contributed by atoms with Crippen molar-refractivity contribution < 1.29 is 32.9 Å². The minimum atomic E-state index is -0.658. The normalized spacial score (nSPS) is 10.1. The summed E-state index contributed by atoms with van der Waals surface area (Å²) >= 11 is 0. The molecular weight excluding hydrogens is 357 g/mol. The zero-order valence-corrected chi connectivity index (χ0v) is 15.2. The minimum absolute atomic E-state index is 0.103. The van der Waals surface area contributed by atoms with Gasteiger partial charge in [-0.25, -0.2) is 4.39 Å². The first-order chi connectivity index (χ1) is 13.0. The fraction of sp³-hybridized carbons (Fsp3) is 0.263. The molecule has 0 heterocycles. The number of carbonyl (C=O) groups excluding carboxylic acids is 2. The fourth-order valence-corrected chi connectivity index (χ4v) is 2.21. The van der Waals surface area contributed by atoms with Gasteiger partial charge >= 0.3 is 5.97 Å². The van der Waals surface area contributed by atoms with E-state index in [4.69, 9.17) is 18.9 Å². The summed E-state index contributed by atoms with van der Waals surface area (Å²) in [5, 5.41) is 2.45. The van der Waals surface area contributed by atoms with Crippen molar-refractivity contribution in [2.24, 2.45) is 0 Å². The highest BCUT2D eigenvalue weighted by atomic mass is 19.1. The largest absolute Gasteiger partial charge is 0.497 e. The van der Waals surface area contributed by atoms with E-state index in [0.717, 1.165) is 0 Å². The van der Waals surface area contributed by atoms with E-state index < -0.39 is 17.7 Å². The summed E-state index contributed by atoms with van der Waals surface area (Å²) < 4.78 is 33.6. The summed E-state index contributed by atoms with van der Waals surface area (Å²) in [5.74, 6) is -0.696. The zero-order valence-electron chi connectivity index (χ0n) is 15.2. The molecule has 8 heteroatoms. The van der Waals surface area contributed by atoms with Crippen molar-refractivity contribution in [3.63, 3.8) is 0 Å². The van der Waals surface area contributed by atoms with Gasteiger partial charge in [0.1, 0.15) is 24.7 Å². The number of ether oxygens (including phenoxy) is 4. The van der Waals surface area contributed by atoms with E-state index in [9.17, 15) is 14.0 Å². The van der Waals surface area contributed by atoms with Gasteiger partial charge < -0.3 is 24.3 Å². The average Bonchev–Trinajstić information content (AvgIpc) is 2.69. The van der Waals surface area contributed by atoms with Crippen molar-refractivity contribution in [2.45, 2.75) is 6.61 Å². The number of hydrogen-bond acceptors (Lipinski definition) is 6. The number of methoxy groups -OCH3 is 3. The van der Waals surface area contributed by atoms with E-state index in [1.54, 1.807) is 12.1 Å². The molecule has 0 unspecified atom stereocenters. The average molecular weight is 377 g/mol. The highest BCUT2D eigenvalue weighted by Crippen LogP contribution is 2.22. The molecule has 0 saturated carbocycles. The molecule has 0 spiro atoms. The topological polar surface area (TPSA) is 83.1 Å².